The molecule has 2 rings (SSSR count). The molecule has 0 aliphatic carbocycles. The molecule has 1 N–H and O–H groups in total. The van der Waals surface area contributed by atoms with E-state index in [0.717, 1.165) is 38.9 Å². The van der Waals surface area contributed by atoms with Crippen molar-refractivity contribution in [1.82, 2.24) is 4.90 Å². The summed E-state index contributed by atoms with van der Waals surface area (Å²) in [6.07, 6.45) is 7.85. The predicted octanol–water partition coefficient (Wildman–Crippen LogP) is 1.94. The van der Waals surface area contributed by atoms with Gasteiger partial charge in [-0.3, -0.25) is 4.90 Å². The van der Waals surface area contributed by atoms with E-state index in [9.17, 15) is 5.11 Å². The Hall–Kier alpha value is -1.30. The number of nitrogens with zero attached hydrogens (tertiary/aromatic N) is 1. The maximum atomic E-state index is 10.2. The monoisotopic (exact) mass is 243 g/mol. The van der Waals surface area contributed by atoms with Gasteiger partial charge in [0.05, 0.1) is 6.10 Å². The fourth-order valence-corrected chi connectivity index (χ4v) is 2.63. The Morgan fingerprint density at radius 2 is 2.11 bits per heavy atom. The van der Waals surface area contributed by atoms with Crippen LogP contribution in [0, 0.1) is 18.3 Å². The van der Waals surface area contributed by atoms with Gasteiger partial charge in [0.2, 0.25) is 0 Å². The summed E-state index contributed by atoms with van der Waals surface area (Å²) in [7, 11) is 0. The van der Waals surface area contributed by atoms with Gasteiger partial charge >= 0.3 is 0 Å². The standard InChI is InChI=1S/C16H21NO/c1-2-3-10-17-11-9-15(16(18)13-17)12-14-7-5-4-6-8-14/h1,4-8,15-16,18H,3,9-13H2. The summed E-state index contributed by atoms with van der Waals surface area (Å²) >= 11 is 0. The first-order valence-corrected chi connectivity index (χ1v) is 6.67. The third-order valence-electron chi connectivity index (χ3n) is 3.72. The lowest BCUT2D eigenvalue weighted by Crippen LogP contribution is -2.44. The molecule has 0 aromatic heterocycles. The summed E-state index contributed by atoms with van der Waals surface area (Å²) in [6.45, 7) is 2.72. The van der Waals surface area contributed by atoms with Gasteiger partial charge in [0.25, 0.3) is 0 Å². The molecule has 0 saturated carbocycles. The third-order valence-corrected chi connectivity index (χ3v) is 3.72. The van der Waals surface area contributed by atoms with Gasteiger partial charge < -0.3 is 5.11 Å². The highest BCUT2D eigenvalue weighted by Gasteiger charge is 2.27. The molecule has 0 bridgehead atoms. The minimum atomic E-state index is -0.225. The molecule has 1 aliphatic heterocycles. The average Bonchev–Trinajstić information content (AvgIpc) is 2.40. The molecule has 1 aromatic rings. The van der Waals surface area contributed by atoms with Gasteiger partial charge in [0, 0.05) is 19.5 Å². The van der Waals surface area contributed by atoms with Crippen LogP contribution < -0.4 is 0 Å². The Balaban J connectivity index is 1.84. The number of terminal acetylenes is 1. The van der Waals surface area contributed by atoms with Crippen molar-refractivity contribution < 1.29 is 5.11 Å². The molecule has 1 aromatic carbocycles. The van der Waals surface area contributed by atoms with Gasteiger partial charge in [-0.15, -0.1) is 12.3 Å². The highest BCUT2D eigenvalue weighted by molar-refractivity contribution is 5.15. The number of likely N-dealkylation sites (tertiary alicyclic amines) is 1. The van der Waals surface area contributed by atoms with Crippen molar-refractivity contribution in [1.29, 1.82) is 0 Å². The summed E-state index contributed by atoms with van der Waals surface area (Å²) in [5, 5.41) is 10.2. The molecule has 1 aliphatic rings. The molecule has 18 heavy (non-hydrogen) atoms. The molecule has 1 heterocycles. The summed E-state index contributed by atoms with van der Waals surface area (Å²) < 4.78 is 0. The Kier molecular flexibility index (Phi) is 4.81. The summed E-state index contributed by atoms with van der Waals surface area (Å²) in [4.78, 5) is 2.27. The molecule has 0 amide bonds. The summed E-state index contributed by atoms with van der Waals surface area (Å²) in [5.74, 6) is 3.04. The van der Waals surface area contributed by atoms with Gasteiger partial charge in [-0.2, -0.15) is 0 Å². The van der Waals surface area contributed by atoms with E-state index in [4.69, 9.17) is 6.42 Å². The first-order chi connectivity index (χ1) is 8.79. The van der Waals surface area contributed by atoms with Crippen molar-refractivity contribution in [3.05, 3.63) is 35.9 Å². The van der Waals surface area contributed by atoms with E-state index < -0.39 is 0 Å². The molecular formula is C16H21NO. The number of rotatable bonds is 4. The minimum absolute atomic E-state index is 0.225. The predicted molar refractivity (Wildman–Crippen MR) is 74.1 cm³/mol. The van der Waals surface area contributed by atoms with Crippen LogP contribution in [-0.2, 0) is 6.42 Å². The van der Waals surface area contributed by atoms with Crippen LogP contribution in [0.4, 0.5) is 0 Å². The Morgan fingerprint density at radius 1 is 1.33 bits per heavy atom. The fraction of sp³-hybridized carbons (Fsp3) is 0.500. The van der Waals surface area contributed by atoms with Gasteiger partial charge in [0.1, 0.15) is 0 Å². The first kappa shape index (κ1) is 13.1. The van der Waals surface area contributed by atoms with E-state index in [1.54, 1.807) is 0 Å². The lowest BCUT2D eigenvalue weighted by molar-refractivity contribution is 0.0229. The van der Waals surface area contributed by atoms with Crippen molar-refractivity contribution in [3.8, 4) is 12.3 Å². The van der Waals surface area contributed by atoms with E-state index in [1.165, 1.54) is 5.56 Å². The number of benzene rings is 1. The number of β-amino-alcohol motifs (C(OH)–C–C–N with tert-alkyl or cyclic N) is 1. The molecule has 0 spiro atoms. The second-order valence-corrected chi connectivity index (χ2v) is 5.06. The highest BCUT2D eigenvalue weighted by atomic mass is 16.3. The first-order valence-electron chi connectivity index (χ1n) is 6.67. The number of hydrogen-bond donors (Lipinski definition) is 1. The van der Waals surface area contributed by atoms with Gasteiger partial charge in [-0.25, -0.2) is 0 Å². The third kappa shape index (κ3) is 3.60. The summed E-state index contributed by atoms with van der Waals surface area (Å²) in [6, 6.07) is 10.4. The molecule has 2 unspecified atom stereocenters. The van der Waals surface area contributed by atoms with E-state index in [-0.39, 0.29) is 6.10 Å². The Labute approximate surface area is 110 Å². The zero-order chi connectivity index (χ0) is 12.8. The molecule has 1 saturated heterocycles. The van der Waals surface area contributed by atoms with Crippen LogP contribution in [0.25, 0.3) is 0 Å². The molecule has 2 heteroatoms. The smallest absolute Gasteiger partial charge is 0.0698 e. The zero-order valence-corrected chi connectivity index (χ0v) is 10.8. The van der Waals surface area contributed by atoms with Crippen molar-refractivity contribution in [2.75, 3.05) is 19.6 Å². The lowest BCUT2D eigenvalue weighted by Gasteiger charge is -2.35. The Bertz CT molecular complexity index is 395. The fourth-order valence-electron chi connectivity index (χ4n) is 2.63. The van der Waals surface area contributed by atoms with Crippen LogP contribution in [0.2, 0.25) is 0 Å². The van der Waals surface area contributed by atoms with Gasteiger partial charge in [0.15, 0.2) is 0 Å². The van der Waals surface area contributed by atoms with Crippen molar-refractivity contribution in [2.24, 2.45) is 5.92 Å². The van der Waals surface area contributed by atoms with Crippen molar-refractivity contribution in [2.45, 2.75) is 25.4 Å². The quantitative estimate of drug-likeness (QED) is 0.817. The molecule has 0 radical (unpaired) electrons. The maximum Gasteiger partial charge on any atom is 0.0698 e. The van der Waals surface area contributed by atoms with E-state index in [2.05, 4.69) is 35.1 Å². The SMILES string of the molecule is C#CCCN1CCC(Cc2ccccc2)C(O)C1. The van der Waals surface area contributed by atoms with Crippen LogP contribution in [0.15, 0.2) is 30.3 Å². The molecule has 96 valence electrons. The molecular weight excluding hydrogens is 222 g/mol. The molecule has 2 nitrogen and oxygen atoms in total. The maximum absolute atomic E-state index is 10.2. The minimum Gasteiger partial charge on any atom is -0.391 e. The van der Waals surface area contributed by atoms with Crippen molar-refractivity contribution in [3.63, 3.8) is 0 Å². The van der Waals surface area contributed by atoms with Crippen LogP contribution in [0.5, 0.6) is 0 Å². The zero-order valence-electron chi connectivity index (χ0n) is 10.8. The topological polar surface area (TPSA) is 23.5 Å². The largest absolute Gasteiger partial charge is 0.391 e. The van der Waals surface area contributed by atoms with Gasteiger partial charge in [-0.05, 0) is 30.9 Å². The molecule has 2 atom stereocenters. The number of aliphatic hydroxyl groups excluding tert-OH is 1. The normalized spacial score (nSPS) is 24.7. The van der Waals surface area contributed by atoms with E-state index in [1.807, 2.05) is 6.07 Å². The molecule has 1 fully saturated rings. The average molecular weight is 243 g/mol. The van der Waals surface area contributed by atoms with Gasteiger partial charge in [-0.1, -0.05) is 30.3 Å². The second-order valence-electron chi connectivity index (χ2n) is 5.06. The van der Waals surface area contributed by atoms with E-state index >= 15 is 0 Å². The van der Waals surface area contributed by atoms with Crippen LogP contribution in [0.3, 0.4) is 0 Å². The summed E-state index contributed by atoms with van der Waals surface area (Å²) in [5.41, 5.74) is 1.32. The number of hydrogen-bond acceptors (Lipinski definition) is 2. The lowest BCUT2D eigenvalue weighted by atomic mass is 9.88. The second kappa shape index (κ2) is 6.58. The Morgan fingerprint density at radius 3 is 2.78 bits per heavy atom. The van der Waals surface area contributed by atoms with E-state index in [0.29, 0.717) is 5.92 Å². The number of piperidine rings is 1. The van der Waals surface area contributed by atoms with Crippen LogP contribution in [-0.4, -0.2) is 35.7 Å². The van der Waals surface area contributed by atoms with Crippen LogP contribution in [0.1, 0.15) is 18.4 Å². The highest BCUT2D eigenvalue weighted by Crippen LogP contribution is 2.22. The number of aliphatic hydroxyl groups is 1. The van der Waals surface area contributed by atoms with Crippen LogP contribution >= 0.6 is 0 Å². The van der Waals surface area contributed by atoms with Crippen molar-refractivity contribution >= 4 is 0 Å².